The quantitative estimate of drug-likeness (QED) is 0.414. The molecule has 0 saturated heterocycles. The van der Waals surface area contributed by atoms with Crippen LogP contribution in [0, 0.1) is 6.42 Å². The molecule has 0 N–H and O–H groups in total. The van der Waals surface area contributed by atoms with Gasteiger partial charge in [-0.15, -0.1) is 12.1 Å². The first kappa shape index (κ1) is 13.6. The van der Waals surface area contributed by atoms with E-state index >= 15 is 0 Å². The maximum absolute atomic E-state index is 12.2. The summed E-state index contributed by atoms with van der Waals surface area (Å²) in [7, 11) is 0. The predicted octanol–water partition coefficient (Wildman–Crippen LogP) is 0.494. The van der Waals surface area contributed by atoms with Gasteiger partial charge in [0.25, 0.3) is 0 Å². The van der Waals surface area contributed by atoms with Crippen molar-refractivity contribution < 1.29 is 23.7 Å². The summed E-state index contributed by atoms with van der Waals surface area (Å²) in [4.78, 5) is 12.2. The third-order valence-electron chi connectivity index (χ3n) is 2.55. The molecule has 0 fully saturated rings. The van der Waals surface area contributed by atoms with Crippen LogP contribution in [0.5, 0.6) is 0 Å². The van der Waals surface area contributed by atoms with Gasteiger partial charge in [-0.05, 0) is 0 Å². The first-order valence-corrected chi connectivity index (χ1v) is 5.31. The molecule has 1 nitrogen and oxygen atoms in total. The molecule has 17 heavy (non-hydrogen) atoms. The molecule has 2 aromatic carbocycles. The van der Waals surface area contributed by atoms with Crippen LogP contribution >= 0.6 is 0 Å². The van der Waals surface area contributed by atoms with Crippen molar-refractivity contribution in [3.05, 3.63) is 77.7 Å². The average molecular weight is 216 g/mol. The SMILES string of the molecule is C[CH-]c1ccccc1C(=O)c1ccccc1.[Li+]. The Bertz CT molecular complexity index is 491. The van der Waals surface area contributed by atoms with Gasteiger partial charge in [0, 0.05) is 5.56 Å². The molecule has 0 unspecified atom stereocenters. The standard InChI is InChI=1S/C15H13O.Li/c1-2-12-8-6-7-11-14(12)15(16)13-9-4-3-5-10-13;/h2-11H,1H3;/q-1;+1. The molecule has 2 aromatic rings. The van der Waals surface area contributed by atoms with E-state index in [0.29, 0.717) is 0 Å². The van der Waals surface area contributed by atoms with E-state index in [-0.39, 0.29) is 24.6 Å². The molecule has 0 amide bonds. The van der Waals surface area contributed by atoms with Gasteiger partial charge >= 0.3 is 18.9 Å². The van der Waals surface area contributed by atoms with Crippen molar-refractivity contribution in [3.8, 4) is 0 Å². The largest absolute Gasteiger partial charge is 1.00 e. The zero-order valence-corrected chi connectivity index (χ0v) is 10.2. The molecule has 0 aromatic heterocycles. The Labute approximate surface area is 114 Å². The van der Waals surface area contributed by atoms with Crippen LogP contribution in [-0.4, -0.2) is 5.78 Å². The number of hydrogen-bond donors (Lipinski definition) is 0. The summed E-state index contributed by atoms with van der Waals surface area (Å²) in [6.45, 7) is 1.94. The van der Waals surface area contributed by atoms with Crippen LogP contribution in [0.25, 0.3) is 0 Å². The molecule has 0 heterocycles. The molecule has 0 atom stereocenters. The van der Waals surface area contributed by atoms with Crippen LogP contribution in [0.2, 0.25) is 0 Å². The summed E-state index contributed by atoms with van der Waals surface area (Å²) < 4.78 is 0. The van der Waals surface area contributed by atoms with Crippen LogP contribution in [0.15, 0.2) is 54.6 Å². The molecule has 0 aliphatic rings. The van der Waals surface area contributed by atoms with E-state index in [1.807, 2.05) is 67.9 Å². The van der Waals surface area contributed by atoms with Crippen LogP contribution in [0.3, 0.4) is 0 Å². The Kier molecular flexibility index (Phi) is 5.09. The Hall–Kier alpha value is -1.42. The fourth-order valence-electron chi connectivity index (χ4n) is 1.70. The van der Waals surface area contributed by atoms with Gasteiger partial charge < -0.3 is 4.79 Å². The van der Waals surface area contributed by atoms with Crippen molar-refractivity contribution in [1.29, 1.82) is 0 Å². The van der Waals surface area contributed by atoms with Crippen molar-refractivity contribution in [3.63, 3.8) is 0 Å². The van der Waals surface area contributed by atoms with Crippen molar-refractivity contribution >= 4 is 5.78 Å². The summed E-state index contributed by atoms with van der Waals surface area (Å²) in [6.07, 6.45) is 1.95. The maximum atomic E-state index is 12.2. The number of benzene rings is 2. The molecule has 2 rings (SSSR count). The van der Waals surface area contributed by atoms with E-state index < -0.39 is 0 Å². The molecule has 0 radical (unpaired) electrons. The minimum Gasteiger partial charge on any atom is -0.303 e. The monoisotopic (exact) mass is 216 g/mol. The Morgan fingerprint density at radius 2 is 1.53 bits per heavy atom. The van der Waals surface area contributed by atoms with Crippen LogP contribution in [0.4, 0.5) is 0 Å². The maximum Gasteiger partial charge on any atom is 1.00 e. The predicted molar refractivity (Wildman–Crippen MR) is 65.4 cm³/mol. The second-order valence-electron chi connectivity index (χ2n) is 3.57. The van der Waals surface area contributed by atoms with E-state index in [4.69, 9.17) is 0 Å². The third-order valence-corrected chi connectivity index (χ3v) is 2.55. The fourth-order valence-corrected chi connectivity index (χ4v) is 1.70. The number of carbonyl (C=O) groups excluding carboxylic acids is 1. The van der Waals surface area contributed by atoms with Gasteiger partial charge in [-0.1, -0.05) is 48.9 Å². The first-order chi connectivity index (χ1) is 7.83. The summed E-state index contributed by atoms with van der Waals surface area (Å²) in [6, 6.07) is 17.0. The first-order valence-electron chi connectivity index (χ1n) is 5.31. The third kappa shape index (κ3) is 3.03. The van der Waals surface area contributed by atoms with Crippen LogP contribution in [0.1, 0.15) is 28.4 Å². The number of rotatable bonds is 3. The van der Waals surface area contributed by atoms with E-state index in [9.17, 15) is 4.79 Å². The minimum absolute atomic E-state index is 0. The van der Waals surface area contributed by atoms with E-state index in [1.54, 1.807) is 0 Å². The van der Waals surface area contributed by atoms with Gasteiger partial charge in [-0.2, -0.15) is 18.1 Å². The van der Waals surface area contributed by atoms with Crippen molar-refractivity contribution in [2.75, 3.05) is 0 Å². The average Bonchev–Trinajstić information content (AvgIpc) is 2.39. The molecular formula is C15H13LiO. The molecule has 0 bridgehead atoms. The van der Waals surface area contributed by atoms with E-state index in [1.165, 1.54) is 0 Å². The fraction of sp³-hybridized carbons (Fsp3) is 0.0667. The van der Waals surface area contributed by atoms with Gasteiger partial charge in [0.05, 0.1) is 0 Å². The van der Waals surface area contributed by atoms with Gasteiger partial charge in [-0.3, -0.25) is 0 Å². The van der Waals surface area contributed by atoms with Crippen molar-refractivity contribution in [1.82, 2.24) is 0 Å². The Morgan fingerprint density at radius 1 is 0.941 bits per heavy atom. The van der Waals surface area contributed by atoms with Crippen LogP contribution < -0.4 is 18.9 Å². The van der Waals surface area contributed by atoms with Gasteiger partial charge in [-0.25, -0.2) is 0 Å². The zero-order chi connectivity index (χ0) is 11.4. The molecule has 2 heteroatoms. The second kappa shape index (κ2) is 6.35. The number of carbonyl (C=O) groups is 1. The molecule has 0 aliphatic heterocycles. The summed E-state index contributed by atoms with van der Waals surface area (Å²) in [5, 5.41) is 0. The summed E-state index contributed by atoms with van der Waals surface area (Å²) in [5.74, 6) is 0.0781. The van der Waals surface area contributed by atoms with E-state index in [0.717, 1.165) is 16.7 Å². The number of hydrogen-bond acceptors (Lipinski definition) is 1. The Balaban J connectivity index is 0.00000144. The minimum atomic E-state index is 0. The topological polar surface area (TPSA) is 17.1 Å². The van der Waals surface area contributed by atoms with E-state index in [2.05, 4.69) is 0 Å². The van der Waals surface area contributed by atoms with Crippen molar-refractivity contribution in [2.45, 2.75) is 6.92 Å². The normalized spacial score (nSPS) is 9.24. The summed E-state index contributed by atoms with van der Waals surface area (Å²) in [5.41, 5.74) is 2.48. The molecular weight excluding hydrogens is 203 g/mol. The van der Waals surface area contributed by atoms with Gasteiger partial charge in [0.15, 0.2) is 0 Å². The zero-order valence-electron chi connectivity index (χ0n) is 10.2. The van der Waals surface area contributed by atoms with Gasteiger partial charge in [0.1, 0.15) is 5.78 Å². The summed E-state index contributed by atoms with van der Waals surface area (Å²) >= 11 is 0. The molecule has 0 aliphatic carbocycles. The molecule has 80 valence electrons. The second-order valence-corrected chi connectivity index (χ2v) is 3.57. The molecule has 0 saturated carbocycles. The molecule has 0 spiro atoms. The van der Waals surface area contributed by atoms with Crippen molar-refractivity contribution in [2.24, 2.45) is 0 Å². The smallest absolute Gasteiger partial charge is 0.303 e. The Morgan fingerprint density at radius 3 is 2.18 bits per heavy atom. The van der Waals surface area contributed by atoms with Crippen LogP contribution in [-0.2, 0) is 0 Å². The number of ketones is 1. The van der Waals surface area contributed by atoms with Gasteiger partial charge in [0.2, 0.25) is 0 Å².